The zero-order valence-corrected chi connectivity index (χ0v) is 16.2. The zero-order chi connectivity index (χ0) is 19.6. The van der Waals surface area contributed by atoms with Crippen LogP contribution in [0.4, 0.5) is 5.69 Å². The fourth-order valence-electron chi connectivity index (χ4n) is 3.85. The van der Waals surface area contributed by atoms with Crippen molar-refractivity contribution in [3.63, 3.8) is 0 Å². The lowest BCUT2D eigenvalue weighted by atomic mass is 9.94. The van der Waals surface area contributed by atoms with Crippen LogP contribution in [0.1, 0.15) is 37.7 Å². The van der Waals surface area contributed by atoms with Gasteiger partial charge in [-0.3, -0.25) is 4.79 Å². The SMILES string of the molecule is COc1ccc(CC(=O)Nc2ccc3c(c2)OC2(CCCCC2)O3)cc1OC. The van der Waals surface area contributed by atoms with Gasteiger partial charge in [-0.25, -0.2) is 0 Å². The van der Waals surface area contributed by atoms with E-state index in [1.165, 1.54) is 6.42 Å². The van der Waals surface area contributed by atoms with Gasteiger partial charge in [0.15, 0.2) is 23.0 Å². The van der Waals surface area contributed by atoms with E-state index in [2.05, 4.69) is 5.32 Å². The quantitative estimate of drug-likeness (QED) is 0.833. The van der Waals surface area contributed by atoms with Gasteiger partial charge in [-0.1, -0.05) is 12.5 Å². The maximum atomic E-state index is 12.5. The van der Waals surface area contributed by atoms with Gasteiger partial charge in [0, 0.05) is 24.6 Å². The Labute approximate surface area is 164 Å². The molecule has 2 aliphatic rings. The van der Waals surface area contributed by atoms with Crippen molar-refractivity contribution in [2.75, 3.05) is 19.5 Å². The second kappa shape index (κ2) is 7.62. The van der Waals surface area contributed by atoms with E-state index in [-0.39, 0.29) is 12.3 Å². The first-order valence-corrected chi connectivity index (χ1v) is 9.64. The summed E-state index contributed by atoms with van der Waals surface area (Å²) < 4.78 is 22.7. The summed E-state index contributed by atoms with van der Waals surface area (Å²) >= 11 is 0. The van der Waals surface area contributed by atoms with Crippen molar-refractivity contribution in [3.05, 3.63) is 42.0 Å². The molecule has 148 valence electrons. The van der Waals surface area contributed by atoms with Gasteiger partial charge >= 0.3 is 0 Å². The first-order valence-electron chi connectivity index (χ1n) is 9.64. The Kier molecular flexibility index (Phi) is 5.03. The summed E-state index contributed by atoms with van der Waals surface area (Å²) in [6.07, 6.45) is 5.50. The second-order valence-corrected chi connectivity index (χ2v) is 7.25. The Bertz CT molecular complexity index is 873. The number of benzene rings is 2. The molecule has 1 amide bonds. The zero-order valence-electron chi connectivity index (χ0n) is 16.2. The monoisotopic (exact) mass is 383 g/mol. The highest BCUT2D eigenvalue weighted by molar-refractivity contribution is 5.92. The standard InChI is InChI=1S/C22H25NO5/c1-25-17-8-6-15(12-19(17)26-2)13-21(24)23-16-7-9-18-20(14-16)28-22(27-18)10-4-3-5-11-22/h6-9,12,14H,3-5,10-11,13H2,1-2H3,(H,23,24). The smallest absolute Gasteiger partial charge is 0.251 e. The maximum absolute atomic E-state index is 12.5. The van der Waals surface area contributed by atoms with Gasteiger partial charge in [-0.05, 0) is 42.7 Å². The van der Waals surface area contributed by atoms with Crippen LogP contribution in [0.15, 0.2) is 36.4 Å². The van der Waals surface area contributed by atoms with Crippen LogP contribution in [0.25, 0.3) is 0 Å². The number of carbonyl (C=O) groups excluding carboxylic acids is 1. The molecule has 1 spiro atoms. The van der Waals surface area contributed by atoms with Crippen LogP contribution in [-0.4, -0.2) is 25.9 Å². The average Bonchev–Trinajstić information content (AvgIpc) is 3.04. The number of anilines is 1. The molecule has 0 unspecified atom stereocenters. The van der Waals surface area contributed by atoms with E-state index in [9.17, 15) is 4.79 Å². The van der Waals surface area contributed by atoms with Crippen LogP contribution in [0.5, 0.6) is 23.0 Å². The highest BCUT2D eigenvalue weighted by atomic mass is 16.7. The molecule has 1 fully saturated rings. The number of ether oxygens (including phenoxy) is 4. The van der Waals surface area contributed by atoms with Gasteiger partial charge in [0.05, 0.1) is 20.6 Å². The summed E-state index contributed by atoms with van der Waals surface area (Å²) in [6.45, 7) is 0. The molecule has 4 rings (SSSR count). The first kappa shape index (κ1) is 18.5. The van der Waals surface area contributed by atoms with Gasteiger partial charge in [-0.2, -0.15) is 0 Å². The summed E-state index contributed by atoms with van der Waals surface area (Å²) in [5, 5.41) is 2.93. The third kappa shape index (κ3) is 3.72. The number of nitrogens with one attached hydrogen (secondary N) is 1. The molecule has 28 heavy (non-hydrogen) atoms. The first-order chi connectivity index (χ1) is 13.6. The molecule has 0 aromatic heterocycles. The molecule has 6 heteroatoms. The van der Waals surface area contributed by atoms with Crippen molar-refractivity contribution in [2.45, 2.75) is 44.3 Å². The van der Waals surface area contributed by atoms with Crippen LogP contribution in [-0.2, 0) is 11.2 Å². The Morgan fingerprint density at radius 3 is 2.46 bits per heavy atom. The minimum atomic E-state index is -0.511. The molecule has 2 aromatic rings. The largest absolute Gasteiger partial charge is 0.493 e. The third-order valence-electron chi connectivity index (χ3n) is 5.25. The van der Waals surface area contributed by atoms with Crippen LogP contribution in [0, 0.1) is 0 Å². The van der Waals surface area contributed by atoms with E-state index in [0.717, 1.165) is 37.0 Å². The van der Waals surface area contributed by atoms with Crippen LogP contribution < -0.4 is 24.3 Å². The summed E-state index contributed by atoms with van der Waals surface area (Å²) in [7, 11) is 3.16. The fraction of sp³-hybridized carbons (Fsp3) is 0.409. The number of amides is 1. The molecule has 1 aliphatic heterocycles. The molecule has 1 heterocycles. The lowest BCUT2D eigenvalue weighted by Crippen LogP contribution is -2.40. The summed E-state index contributed by atoms with van der Waals surface area (Å²) in [5.41, 5.74) is 1.54. The minimum Gasteiger partial charge on any atom is -0.493 e. The molecule has 1 aliphatic carbocycles. The lowest BCUT2D eigenvalue weighted by Gasteiger charge is -2.31. The molecular formula is C22H25NO5. The highest BCUT2D eigenvalue weighted by Crippen LogP contribution is 2.46. The molecule has 0 bridgehead atoms. The van der Waals surface area contributed by atoms with Gasteiger partial charge in [0.25, 0.3) is 5.79 Å². The van der Waals surface area contributed by atoms with Crippen molar-refractivity contribution in [1.82, 2.24) is 0 Å². The van der Waals surface area contributed by atoms with E-state index in [4.69, 9.17) is 18.9 Å². The van der Waals surface area contributed by atoms with E-state index in [0.29, 0.717) is 22.9 Å². The van der Waals surface area contributed by atoms with Gasteiger partial charge in [0.2, 0.25) is 5.91 Å². The van der Waals surface area contributed by atoms with Crippen molar-refractivity contribution in [2.24, 2.45) is 0 Å². The number of methoxy groups -OCH3 is 2. The number of hydrogen-bond acceptors (Lipinski definition) is 5. The Morgan fingerprint density at radius 2 is 1.71 bits per heavy atom. The van der Waals surface area contributed by atoms with E-state index in [1.54, 1.807) is 20.3 Å². The van der Waals surface area contributed by atoms with Crippen LogP contribution in [0.2, 0.25) is 0 Å². The molecule has 0 radical (unpaired) electrons. The lowest BCUT2D eigenvalue weighted by molar-refractivity contribution is -0.115. The van der Waals surface area contributed by atoms with Crippen molar-refractivity contribution >= 4 is 11.6 Å². The number of fused-ring (bicyclic) bond motifs is 1. The third-order valence-corrected chi connectivity index (χ3v) is 5.25. The van der Waals surface area contributed by atoms with Crippen LogP contribution in [0.3, 0.4) is 0 Å². The highest BCUT2D eigenvalue weighted by Gasteiger charge is 2.42. The van der Waals surface area contributed by atoms with Crippen LogP contribution >= 0.6 is 0 Å². The van der Waals surface area contributed by atoms with Crippen molar-refractivity contribution < 1.29 is 23.7 Å². The molecule has 0 atom stereocenters. The molecule has 0 saturated heterocycles. The molecule has 6 nitrogen and oxygen atoms in total. The van der Waals surface area contributed by atoms with Gasteiger partial charge < -0.3 is 24.3 Å². The van der Waals surface area contributed by atoms with Gasteiger partial charge in [0.1, 0.15) is 0 Å². The Morgan fingerprint density at radius 1 is 0.964 bits per heavy atom. The van der Waals surface area contributed by atoms with Gasteiger partial charge in [-0.15, -0.1) is 0 Å². The average molecular weight is 383 g/mol. The fourth-order valence-corrected chi connectivity index (χ4v) is 3.85. The maximum Gasteiger partial charge on any atom is 0.251 e. The van der Waals surface area contributed by atoms with Crippen molar-refractivity contribution in [3.8, 4) is 23.0 Å². The Hall–Kier alpha value is -2.89. The summed E-state index contributed by atoms with van der Waals surface area (Å²) in [6, 6.07) is 11.0. The minimum absolute atomic E-state index is 0.113. The molecule has 1 N–H and O–H groups in total. The normalized spacial score (nSPS) is 16.6. The predicted octanol–water partition coefficient (Wildman–Crippen LogP) is 4.32. The number of rotatable bonds is 5. The van der Waals surface area contributed by atoms with Crippen molar-refractivity contribution in [1.29, 1.82) is 0 Å². The van der Waals surface area contributed by atoms with E-state index >= 15 is 0 Å². The number of hydrogen-bond donors (Lipinski definition) is 1. The Balaban J connectivity index is 1.42. The molecule has 1 saturated carbocycles. The number of carbonyl (C=O) groups is 1. The molecular weight excluding hydrogens is 358 g/mol. The summed E-state index contributed by atoms with van der Waals surface area (Å²) in [4.78, 5) is 12.5. The second-order valence-electron chi connectivity index (χ2n) is 7.25. The van der Waals surface area contributed by atoms with E-state index in [1.807, 2.05) is 30.3 Å². The topological polar surface area (TPSA) is 66.0 Å². The predicted molar refractivity (Wildman–Crippen MR) is 105 cm³/mol. The van der Waals surface area contributed by atoms with E-state index < -0.39 is 5.79 Å². The molecule has 2 aromatic carbocycles. The summed E-state index contributed by atoms with van der Waals surface area (Å²) in [5.74, 6) is 2.07.